The van der Waals surface area contributed by atoms with E-state index in [1.54, 1.807) is 19.4 Å². The van der Waals surface area contributed by atoms with Crippen molar-refractivity contribution in [2.75, 3.05) is 7.11 Å². The number of tetrazole rings is 1. The molecule has 3 N–H and O–H groups in total. The van der Waals surface area contributed by atoms with Crippen molar-refractivity contribution < 1.29 is 13.9 Å². The highest BCUT2D eigenvalue weighted by Gasteiger charge is 2.23. The van der Waals surface area contributed by atoms with Crippen LogP contribution >= 0.6 is 0 Å². The zero-order valence-corrected chi connectivity index (χ0v) is 17.9. The van der Waals surface area contributed by atoms with E-state index in [0.717, 1.165) is 40.7 Å². The molecule has 0 radical (unpaired) electrons. The molecule has 1 amide bonds. The van der Waals surface area contributed by atoms with Crippen LogP contribution in [0.3, 0.4) is 0 Å². The average molecular weight is 447 g/mol. The van der Waals surface area contributed by atoms with Crippen LogP contribution in [0, 0.1) is 11.7 Å². The van der Waals surface area contributed by atoms with Gasteiger partial charge in [-0.25, -0.2) is 9.37 Å². The number of rotatable bonds is 6. The monoisotopic (exact) mass is 447 g/mol. The van der Waals surface area contributed by atoms with Crippen molar-refractivity contribution in [2.45, 2.75) is 25.8 Å². The van der Waals surface area contributed by atoms with Gasteiger partial charge in [-0.05, 0) is 60.7 Å². The number of H-pyrrole nitrogens is 2. The summed E-state index contributed by atoms with van der Waals surface area (Å²) in [5, 5.41) is 17.3. The van der Waals surface area contributed by atoms with Gasteiger partial charge in [-0.3, -0.25) is 4.79 Å². The molecule has 9 nitrogen and oxygen atoms in total. The molecule has 1 atom stereocenters. The summed E-state index contributed by atoms with van der Waals surface area (Å²) in [6, 6.07) is 8.36. The van der Waals surface area contributed by atoms with Crippen LogP contribution in [0.15, 0.2) is 42.6 Å². The number of allylic oxidation sites excluding steroid dienone is 2. The lowest BCUT2D eigenvalue weighted by Crippen LogP contribution is -2.31. The number of carbonyl (C=O) groups excluding carboxylic acids is 1. The Bertz CT molecular complexity index is 1330. The fourth-order valence-electron chi connectivity index (χ4n) is 4.21. The molecule has 1 unspecified atom stereocenters. The number of fused-ring (bicyclic) bond motifs is 1. The van der Waals surface area contributed by atoms with E-state index in [0.29, 0.717) is 23.6 Å². The van der Waals surface area contributed by atoms with Gasteiger partial charge in [0.1, 0.15) is 17.2 Å². The highest BCUT2D eigenvalue weighted by molar-refractivity contribution is 5.96. The lowest BCUT2D eigenvalue weighted by molar-refractivity contribution is -0.125. The summed E-state index contributed by atoms with van der Waals surface area (Å²) in [7, 11) is 1.57. The number of hydrogen-bond donors (Lipinski definition) is 3. The minimum Gasteiger partial charge on any atom is -0.496 e. The normalized spacial score (nSPS) is 15.9. The largest absolute Gasteiger partial charge is 0.496 e. The van der Waals surface area contributed by atoms with Gasteiger partial charge < -0.3 is 15.0 Å². The van der Waals surface area contributed by atoms with Crippen molar-refractivity contribution in [3.05, 3.63) is 59.9 Å². The molecule has 3 aromatic heterocycles. The van der Waals surface area contributed by atoms with Crippen LogP contribution in [0.1, 0.15) is 30.8 Å². The molecule has 1 aromatic carbocycles. The van der Waals surface area contributed by atoms with Gasteiger partial charge in [0.2, 0.25) is 5.91 Å². The number of amides is 1. The number of benzene rings is 1. The third-order valence-corrected chi connectivity index (χ3v) is 5.92. The molecule has 1 aliphatic rings. The van der Waals surface area contributed by atoms with Gasteiger partial charge in [0, 0.05) is 28.8 Å². The summed E-state index contributed by atoms with van der Waals surface area (Å²) in [6.45, 7) is 0.252. The van der Waals surface area contributed by atoms with E-state index >= 15 is 0 Å². The first-order valence-electron chi connectivity index (χ1n) is 10.6. The fourth-order valence-corrected chi connectivity index (χ4v) is 4.21. The molecular weight excluding hydrogens is 425 g/mol. The van der Waals surface area contributed by atoms with E-state index in [-0.39, 0.29) is 24.2 Å². The molecule has 3 heterocycles. The number of pyridine rings is 1. The van der Waals surface area contributed by atoms with Crippen molar-refractivity contribution in [2.24, 2.45) is 5.92 Å². The van der Waals surface area contributed by atoms with E-state index in [1.807, 2.05) is 12.1 Å². The van der Waals surface area contributed by atoms with Crippen molar-refractivity contribution >= 4 is 22.5 Å². The molecule has 0 fully saturated rings. The van der Waals surface area contributed by atoms with Gasteiger partial charge in [-0.2, -0.15) is 5.21 Å². The predicted molar refractivity (Wildman–Crippen MR) is 119 cm³/mol. The Labute approximate surface area is 188 Å². The van der Waals surface area contributed by atoms with Gasteiger partial charge in [-0.1, -0.05) is 11.3 Å². The molecule has 5 rings (SSSR count). The Hall–Kier alpha value is -4.08. The number of hydrogen-bond acceptors (Lipinski definition) is 6. The SMILES string of the molecule is COc1ccc(F)cc1-c1ccnc2[nH]c(C3=CCC(C(=O)NCc4nn[nH]n4)CC3)cc12. The Morgan fingerprint density at radius 1 is 1.27 bits per heavy atom. The molecule has 168 valence electrons. The number of aromatic nitrogens is 6. The Balaban J connectivity index is 1.36. The second-order valence-electron chi connectivity index (χ2n) is 7.89. The minimum atomic E-state index is -0.329. The molecule has 0 spiro atoms. The number of ether oxygens (including phenoxy) is 1. The molecule has 0 saturated carbocycles. The van der Waals surface area contributed by atoms with Gasteiger partial charge in [0.05, 0.1) is 13.7 Å². The molecule has 0 saturated heterocycles. The highest BCUT2D eigenvalue weighted by Crippen LogP contribution is 2.37. The molecule has 10 heteroatoms. The predicted octanol–water partition coefficient (Wildman–Crippen LogP) is 3.39. The second kappa shape index (κ2) is 8.81. The second-order valence-corrected chi connectivity index (χ2v) is 7.89. The molecule has 1 aliphatic carbocycles. The lowest BCUT2D eigenvalue weighted by Gasteiger charge is -2.20. The number of nitrogens with one attached hydrogen (secondary N) is 3. The maximum Gasteiger partial charge on any atom is 0.223 e. The third-order valence-electron chi connectivity index (χ3n) is 5.92. The Morgan fingerprint density at radius 2 is 2.18 bits per heavy atom. The topological polar surface area (TPSA) is 121 Å². The summed E-state index contributed by atoms with van der Waals surface area (Å²) in [5.41, 5.74) is 4.31. The van der Waals surface area contributed by atoms with Crippen LogP contribution in [0.25, 0.3) is 27.7 Å². The van der Waals surface area contributed by atoms with Crippen LogP contribution < -0.4 is 10.1 Å². The van der Waals surface area contributed by atoms with E-state index in [9.17, 15) is 9.18 Å². The number of nitrogens with zero attached hydrogens (tertiary/aromatic N) is 4. The van der Waals surface area contributed by atoms with Crippen LogP contribution in [-0.2, 0) is 11.3 Å². The standard InChI is InChI=1S/C23H22FN7O2/c1-33-20-7-6-15(24)10-17(20)16-8-9-25-22-18(16)11-19(27-22)13-2-4-14(5-3-13)23(32)26-12-21-28-30-31-29-21/h2,6-11,14H,3-5,12H2,1H3,(H,25,27)(H,26,32)(H,28,29,30,31). The Morgan fingerprint density at radius 3 is 2.94 bits per heavy atom. The zero-order valence-electron chi connectivity index (χ0n) is 17.9. The maximum absolute atomic E-state index is 14.0. The first-order chi connectivity index (χ1) is 16.1. The minimum absolute atomic E-state index is 0.0195. The van der Waals surface area contributed by atoms with Gasteiger partial charge in [0.25, 0.3) is 0 Å². The van der Waals surface area contributed by atoms with Crippen LogP contribution in [0.4, 0.5) is 4.39 Å². The third kappa shape index (κ3) is 4.19. The first kappa shape index (κ1) is 20.8. The molecule has 0 bridgehead atoms. The van der Waals surface area contributed by atoms with Gasteiger partial charge >= 0.3 is 0 Å². The summed E-state index contributed by atoms with van der Waals surface area (Å²) in [4.78, 5) is 20.3. The number of carbonyl (C=O) groups is 1. The molecule has 4 aromatic rings. The van der Waals surface area contributed by atoms with Crippen LogP contribution in [-0.4, -0.2) is 43.6 Å². The lowest BCUT2D eigenvalue weighted by atomic mass is 9.87. The maximum atomic E-state index is 14.0. The molecule has 33 heavy (non-hydrogen) atoms. The average Bonchev–Trinajstić information content (AvgIpc) is 3.52. The van der Waals surface area contributed by atoms with Crippen molar-refractivity contribution in [3.8, 4) is 16.9 Å². The molecule has 0 aliphatic heterocycles. The van der Waals surface area contributed by atoms with E-state index in [2.05, 4.69) is 42.0 Å². The van der Waals surface area contributed by atoms with E-state index in [1.165, 1.54) is 12.1 Å². The van der Waals surface area contributed by atoms with Gasteiger partial charge in [0.15, 0.2) is 5.82 Å². The van der Waals surface area contributed by atoms with E-state index < -0.39 is 0 Å². The Kier molecular flexibility index (Phi) is 5.55. The van der Waals surface area contributed by atoms with Crippen molar-refractivity contribution in [1.82, 2.24) is 35.9 Å². The van der Waals surface area contributed by atoms with Crippen LogP contribution in [0.5, 0.6) is 5.75 Å². The fraction of sp³-hybridized carbons (Fsp3) is 0.261. The van der Waals surface area contributed by atoms with E-state index in [4.69, 9.17) is 4.74 Å². The van der Waals surface area contributed by atoms with Crippen molar-refractivity contribution in [3.63, 3.8) is 0 Å². The summed E-state index contributed by atoms with van der Waals surface area (Å²) in [6.07, 6.45) is 5.92. The summed E-state index contributed by atoms with van der Waals surface area (Å²) >= 11 is 0. The number of aromatic amines is 2. The van der Waals surface area contributed by atoms with Crippen LogP contribution in [0.2, 0.25) is 0 Å². The number of halogens is 1. The van der Waals surface area contributed by atoms with Crippen molar-refractivity contribution in [1.29, 1.82) is 0 Å². The quantitative estimate of drug-likeness (QED) is 0.417. The summed E-state index contributed by atoms with van der Waals surface area (Å²) < 4.78 is 19.4. The zero-order chi connectivity index (χ0) is 22.8. The summed E-state index contributed by atoms with van der Waals surface area (Å²) in [5.74, 6) is 0.597. The number of methoxy groups -OCH3 is 1. The molecular formula is C23H22FN7O2. The first-order valence-corrected chi connectivity index (χ1v) is 10.6. The smallest absolute Gasteiger partial charge is 0.223 e. The van der Waals surface area contributed by atoms with Gasteiger partial charge in [-0.15, -0.1) is 10.2 Å². The highest BCUT2D eigenvalue weighted by atomic mass is 19.1.